The summed E-state index contributed by atoms with van der Waals surface area (Å²) in [5.74, 6) is 0. The van der Waals surface area contributed by atoms with Crippen molar-refractivity contribution in [3.05, 3.63) is 0 Å². The van der Waals surface area contributed by atoms with Gasteiger partial charge in [0.15, 0.2) is 0 Å². The third-order valence-corrected chi connectivity index (χ3v) is 4.32. The number of phosphoric acid groups is 1. The minimum absolute atomic E-state index is 0. The summed E-state index contributed by atoms with van der Waals surface area (Å²) < 4.78 is 15.3. The molecule has 0 bridgehead atoms. The van der Waals surface area contributed by atoms with E-state index in [4.69, 9.17) is 0 Å². The van der Waals surface area contributed by atoms with Crippen LogP contribution in [0.1, 0.15) is 97.3 Å². The van der Waals surface area contributed by atoms with E-state index in [1.807, 2.05) is 6.92 Å². The second-order valence-corrected chi connectivity index (χ2v) is 7.04. The summed E-state index contributed by atoms with van der Waals surface area (Å²) in [6.45, 7) is 4.20. The fourth-order valence-corrected chi connectivity index (χ4v) is 3.19. The molecule has 0 amide bonds. The Balaban J connectivity index is -0.00000200. The van der Waals surface area contributed by atoms with Gasteiger partial charge < -0.3 is 18.9 Å². The predicted molar refractivity (Wildman–Crippen MR) is 83.8 cm³/mol. The van der Waals surface area contributed by atoms with Crippen molar-refractivity contribution < 1.29 is 78.0 Å². The summed E-state index contributed by atoms with van der Waals surface area (Å²) in [5.41, 5.74) is 0. The molecule has 0 fully saturated rings. The normalized spacial score (nSPS) is 12.3. The van der Waals surface area contributed by atoms with Gasteiger partial charge in [0.25, 0.3) is 0 Å². The number of unbranched alkanes of at least 4 members (excludes halogenated alkanes) is 9. The molecule has 0 aliphatic rings. The summed E-state index contributed by atoms with van der Waals surface area (Å²) in [6.07, 6.45) is 14.2. The fourth-order valence-electron chi connectivity index (χ4n) is 2.61. The predicted octanol–water partition coefficient (Wildman–Crippen LogP) is -1.68. The van der Waals surface area contributed by atoms with Gasteiger partial charge in [-0.25, -0.2) is 0 Å². The van der Waals surface area contributed by atoms with E-state index in [1.54, 1.807) is 0 Å². The minimum Gasteiger partial charge on any atom is -0.790 e. The molecule has 0 saturated carbocycles. The third-order valence-electron chi connectivity index (χ3n) is 3.77. The number of hydrogen-bond donors (Lipinski definition) is 0. The molecule has 0 spiro atoms. The van der Waals surface area contributed by atoms with Crippen LogP contribution in [0, 0.1) is 0 Å². The summed E-state index contributed by atoms with van der Waals surface area (Å²) >= 11 is 0. The zero-order valence-electron chi connectivity index (χ0n) is 15.8. The topological polar surface area (TPSA) is 72.4 Å². The first-order valence-electron chi connectivity index (χ1n) is 8.70. The Labute approximate surface area is 187 Å². The summed E-state index contributed by atoms with van der Waals surface area (Å²) in [4.78, 5) is 21.3. The van der Waals surface area contributed by atoms with Crippen molar-refractivity contribution >= 4 is 7.82 Å². The third kappa shape index (κ3) is 24.1. The SMILES string of the molecule is CCCCCCCCCCCCC(CCC)OP(=O)([O-])[O-].[Na+].[Na+]. The van der Waals surface area contributed by atoms with Gasteiger partial charge in [0, 0.05) is 0 Å². The van der Waals surface area contributed by atoms with E-state index in [9.17, 15) is 14.4 Å². The molecule has 0 saturated heterocycles. The van der Waals surface area contributed by atoms with Crippen LogP contribution in [0.3, 0.4) is 0 Å². The maximum absolute atomic E-state index is 10.6. The Morgan fingerprint density at radius 1 is 0.739 bits per heavy atom. The van der Waals surface area contributed by atoms with E-state index >= 15 is 0 Å². The Morgan fingerprint density at radius 2 is 1.17 bits per heavy atom. The molecule has 128 valence electrons. The molecule has 23 heavy (non-hydrogen) atoms. The van der Waals surface area contributed by atoms with E-state index in [0.29, 0.717) is 12.8 Å². The van der Waals surface area contributed by atoms with Crippen molar-refractivity contribution in [3.63, 3.8) is 0 Å². The van der Waals surface area contributed by atoms with Gasteiger partial charge in [-0.15, -0.1) is 0 Å². The zero-order chi connectivity index (χ0) is 16.0. The Hall–Kier alpha value is 2.11. The van der Waals surface area contributed by atoms with Gasteiger partial charge in [-0.1, -0.05) is 84.5 Å². The molecule has 0 radical (unpaired) electrons. The van der Waals surface area contributed by atoms with Crippen molar-refractivity contribution in [1.82, 2.24) is 0 Å². The van der Waals surface area contributed by atoms with Crippen molar-refractivity contribution in [1.29, 1.82) is 0 Å². The maximum Gasteiger partial charge on any atom is 1.00 e. The van der Waals surface area contributed by atoms with Crippen LogP contribution in [0.4, 0.5) is 0 Å². The molecular weight excluding hydrogens is 333 g/mol. The van der Waals surface area contributed by atoms with Crippen LogP contribution in [0.5, 0.6) is 0 Å². The van der Waals surface area contributed by atoms with E-state index in [1.165, 1.54) is 51.4 Å². The summed E-state index contributed by atoms with van der Waals surface area (Å²) in [7, 11) is -4.83. The number of rotatable bonds is 15. The van der Waals surface area contributed by atoms with Crippen molar-refractivity contribution in [2.24, 2.45) is 0 Å². The van der Waals surface area contributed by atoms with Gasteiger partial charge in [-0.2, -0.15) is 0 Å². The molecule has 1 unspecified atom stereocenters. The minimum atomic E-state index is -4.83. The quantitative estimate of drug-likeness (QED) is 0.197. The van der Waals surface area contributed by atoms with E-state index < -0.39 is 13.9 Å². The molecule has 0 aromatic carbocycles. The standard InChI is InChI=1S/C16H35O4P.2Na/c1-3-5-6-7-8-9-10-11-12-13-15-16(14-4-2)20-21(17,18)19;;/h16H,3-15H2,1-2H3,(H2,17,18,19);;/q;2*+1/p-2. The van der Waals surface area contributed by atoms with Gasteiger partial charge in [-0.05, 0) is 12.8 Å². The summed E-state index contributed by atoms with van der Waals surface area (Å²) in [5, 5.41) is 0. The molecule has 7 heteroatoms. The van der Waals surface area contributed by atoms with E-state index in [-0.39, 0.29) is 59.1 Å². The van der Waals surface area contributed by atoms with Crippen LogP contribution in [0.25, 0.3) is 0 Å². The average Bonchev–Trinajstić information content (AvgIpc) is 2.39. The van der Waals surface area contributed by atoms with Crippen molar-refractivity contribution in [2.45, 2.75) is 103 Å². The molecule has 0 aliphatic heterocycles. The molecule has 0 N–H and O–H groups in total. The smallest absolute Gasteiger partial charge is 0.790 e. The van der Waals surface area contributed by atoms with Crippen LogP contribution in [0.2, 0.25) is 0 Å². The fraction of sp³-hybridized carbons (Fsp3) is 1.00. The van der Waals surface area contributed by atoms with Gasteiger partial charge in [0.05, 0.1) is 13.9 Å². The van der Waals surface area contributed by atoms with Crippen LogP contribution >= 0.6 is 7.82 Å². The van der Waals surface area contributed by atoms with E-state index in [2.05, 4.69) is 11.4 Å². The molecule has 4 nitrogen and oxygen atoms in total. The van der Waals surface area contributed by atoms with Gasteiger partial charge in [0.2, 0.25) is 0 Å². The maximum atomic E-state index is 10.6. The first-order valence-corrected chi connectivity index (χ1v) is 10.2. The van der Waals surface area contributed by atoms with Gasteiger partial charge in [0.1, 0.15) is 0 Å². The Bertz CT molecular complexity index is 275. The van der Waals surface area contributed by atoms with Gasteiger partial charge in [-0.3, -0.25) is 0 Å². The van der Waals surface area contributed by atoms with Crippen LogP contribution in [0.15, 0.2) is 0 Å². The molecular formula is C16H33Na2O4P. The molecule has 0 aromatic rings. The molecule has 0 heterocycles. The molecule has 0 aromatic heterocycles. The van der Waals surface area contributed by atoms with Crippen LogP contribution in [-0.2, 0) is 9.09 Å². The van der Waals surface area contributed by atoms with Crippen LogP contribution < -0.4 is 68.9 Å². The first-order chi connectivity index (χ1) is 9.99. The van der Waals surface area contributed by atoms with Crippen molar-refractivity contribution in [2.75, 3.05) is 0 Å². The monoisotopic (exact) mass is 366 g/mol. The zero-order valence-corrected chi connectivity index (χ0v) is 20.7. The molecule has 0 aliphatic carbocycles. The number of hydrogen-bond acceptors (Lipinski definition) is 4. The first kappa shape index (κ1) is 29.9. The Kier molecular flexibility index (Phi) is 26.5. The second kappa shape index (κ2) is 20.4. The average molecular weight is 366 g/mol. The summed E-state index contributed by atoms with van der Waals surface area (Å²) in [6, 6.07) is 0. The van der Waals surface area contributed by atoms with Crippen LogP contribution in [-0.4, -0.2) is 6.10 Å². The van der Waals surface area contributed by atoms with Crippen molar-refractivity contribution in [3.8, 4) is 0 Å². The van der Waals surface area contributed by atoms with Gasteiger partial charge >= 0.3 is 59.1 Å². The molecule has 0 rings (SSSR count). The van der Waals surface area contributed by atoms with E-state index in [0.717, 1.165) is 19.3 Å². The largest absolute Gasteiger partial charge is 1.00 e. The number of phosphoric ester groups is 1. The second-order valence-electron chi connectivity index (χ2n) is 5.93. The Morgan fingerprint density at radius 3 is 1.57 bits per heavy atom. The molecule has 1 atom stereocenters.